The van der Waals surface area contributed by atoms with Gasteiger partial charge in [0.2, 0.25) is 0 Å². The van der Waals surface area contributed by atoms with Crippen molar-refractivity contribution in [3.8, 4) is 17.6 Å². The maximum absolute atomic E-state index is 13.5. The molecule has 0 spiro atoms. The zero-order valence-electron chi connectivity index (χ0n) is 20.3. The van der Waals surface area contributed by atoms with Crippen LogP contribution in [0.5, 0.6) is 0 Å². The lowest BCUT2D eigenvalue weighted by Crippen LogP contribution is -2.44. The van der Waals surface area contributed by atoms with Crippen LogP contribution in [-0.4, -0.2) is 59.1 Å². The minimum Gasteiger partial charge on any atom is -0.390 e. The van der Waals surface area contributed by atoms with Gasteiger partial charge in [0.25, 0.3) is 5.92 Å². The molecule has 0 aliphatic heterocycles. The lowest BCUT2D eigenvalue weighted by atomic mass is 9.88. The van der Waals surface area contributed by atoms with E-state index in [1.165, 1.54) is 9.36 Å². The first-order valence-corrected chi connectivity index (χ1v) is 11.4. The molecule has 0 bridgehead atoms. The summed E-state index contributed by atoms with van der Waals surface area (Å²) in [4.78, 5) is 8.54. The van der Waals surface area contributed by atoms with Crippen LogP contribution in [0, 0.1) is 11.3 Å². The molecule has 0 amide bonds. The molecule has 1 aliphatic rings. The molecule has 12 heteroatoms. The Balaban J connectivity index is 1.70. The molecule has 2 N–H and O–H groups in total. The number of allylic oxidation sites excluding steroid dienone is 1. The van der Waals surface area contributed by atoms with Crippen molar-refractivity contribution in [3.05, 3.63) is 41.5 Å². The van der Waals surface area contributed by atoms with Gasteiger partial charge in [0.1, 0.15) is 5.69 Å². The predicted molar refractivity (Wildman–Crippen MR) is 131 cm³/mol. The van der Waals surface area contributed by atoms with Gasteiger partial charge in [-0.1, -0.05) is 5.21 Å². The van der Waals surface area contributed by atoms with Gasteiger partial charge in [-0.15, -0.1) is 5.10 Å². The van der Waals surface area contributed by atoms with Crippen molar-refractivity contribution in [1.29, 1.82) is 5.26 Å². The van der Waals surface area contributed by atoms with Gasteiger partial charge >= 0.3 is 0 Å². The van der Waals surface area contributed by atoms with E-state index in [9.17, 15) is 13.9 Å². The Morgan fingerprint density at radius 2 is 2.17 bits per heavy atom. The van der Waals surface area contributed by atoms with E-state index in [2.05, 4.69) is 43.5 Å². The summed E-state index contributed by atoms with van der Waals surface area (Å²) in [6.45, 7) is 8.72. The number of aliphatic imine (C=N–C) groups is 1. The van der Waals surface area contributed by atoms with Crippen LogP contribution in [0.3, 0.4) is 0 Å². The zero-order chi connectivity index (χ0) is 26.1. The number of alkyl halides is 2. The highest BCUT2D eigenvalue weighted by molar-refractivity contribution is 5.69. The Kier molecular flexibility index (Phi) is 6.69. The highest BCUT2D eigenvalue weighted by Gasteiger charge is 2.45. The molecule has 0 radical (unpaired) electrons. The smallest absolute Gasteiger partial charge is 0.252 e. The van der Waals surface area contributed by atoms with Crippen LogP contribution in [0.25, 0.3) is 17.6 Å². The number of aryl methyl sites for hydroxylation is 1. The standard InChI is InChI=1S/C24H27F2N9O/c1-15(11-27)7-16-12-30-35(22(16)28-4)21-8-19(31-18-9-24(25,26)10-18)20(13-29-21)34-14-17(32-33-34)5-6-23(2,3)36/h7-8,12-14,18,36H,4-6,9-10H2,1-3H3,(H,29,31)/b15-7+. The van der Waals surface area contributed by atoms with Crippen LogP contribution in [0.15, 0.2) is 35.2 Å². The third kappa shape index (κ3) is 5.63. The molecule has 3 heterocycles. The molecule has 1 fully saturated rings. The Morgan fingerprint density at radius 3 is 2.81 bits per heavy atom. The molecule has 3 aromatic rings. The fourth-order valence-corrected chi connectivity index (χ4v) is 3.85. The molecule has 3 aromatic heterocycles. The maximum Gasteiger partial charge on any atom is 0.252 e. The SMILES string of the molecule is C=Nc1c(/C=C(\C)C#N)cnn1-c1cc(NC2CC(F)(F)C2)c(-n2cc(CCC(C)(C)O)nn2)cn1. The number of pyridine rings is 1. The number of hydrogen-bond acceptors (Lipinski definition) is 8. The second-order valence-electron chi connectivity index (χ2n) is 9.56. The average molecular weight is 496 g/mol. The minimum atomic E-state index is -2.69. The first-order chi connectivity index (χ1) is 17.0. The van der Waals surface area contributed by atoms with Gasteiger partial charge in [0.15, 0.2) is 11.6 Å². The number of aromatic nitrogens is 6. The molecule has 36 heavy (non-hydrogen) atoms. The number of rotatable bonds is 9. The average Bonchev–Trinajstić information content (AvgIpc) is 3.42. The van der Waals surface area contributed by atoms with Crippen molar-refractivity contribution in [3.63, 3.8) is 0 Å². The fraction of sp³-hybridized carbons (Fsp3) is 0.417. The minimum absolute atomic E-state index is 0.276. The normalized spacial score (nSPS) is 15.9. The van der Waals surface area contributed by atoms with Gasteiger partial charge in [0, 0.05) is 36.1 Å². The monoisotopic (exact) mass is 495 g/mol. The Labute approximate surface area is 207 Å². The summed E-state index contributed by atoms with van der Waals surface area (Å²) in [5.74, 6) is -1.92. The Hall–Kier alpha value is -3.98. The van der Waals surface area contributed by atoms with Gasteiger partial charge in [-0.05, 0) is 46.4 Å². The number of anilines is 1. The Morgan fingerprint density at radius 1 is 1.42 bits per heavy atom. The molecule has 1 saturated carbocycles. The fourth-order valence-electron chi connectivity index (χ4n) is 3.85. The summed E-state index contributed by atoms with van der Waals surface area (Å²) in [6.07, 6.45) is 6.93. The molecule has 0 saturated heterocycles. The van der Waals surface area contributed by atoms with Crippen LogP contribution in [0.2, 0.25) is 0 Å². The first kappa shape index (κ1) is 25.1. The molecular formula is C24H27F2N9O. The van der Waals surface area contributed by atoms with Gasteiger partial charge in [-0.2, -0.15) is 15.0 Å². The third-order valence-electron chi connectivity index (χ3n) is 5.79. The van der Waals surface area contributed by atoms with E-state index < -0.39 is 17.6 Å². The van der Waals surface area contributed by atoms with Gasteiger partial charge in [-0.3, -0.25) is 0 Å². The number of nitrogens with zero attached hydrogens (tertiary/aromatic N) is 8. The van der Waals surface area contributed by atoms with E-state index in [-0.39, 0.29) is 12.8 Å². The number of halogens is 2. The van der Waals surface area contributed by atoms with Crippen molar-refractivity contribution >= 4 is 24.3 Å². The molecule has 10 nitrogen and oxygen atoms in total. The largest absolute Gasteiger partial charge is 0.390 e. The number of nitriles is 1. The molecule has 4 rings (SSSR count). The number of hydrogen-bond donors (Lipinski definition) is 2. The first-order valence-electron chi connectivity index (χ1n) is 11.4. The predicted octanol–water partition coefficient (Wildman–Crippen LogP) is 4.02. The summed E-state index contributed by atoms with van der Waals surface area (Å²) in [7, 11) is 0. The highest BCUT2D eigenvalue weighted by Crippen LogP contribution is 2.40. The van der Waals surface area contributed by atoms with Gasteiger partial charge in [0.05, 0.1) is 41.6 Å². The summed E-state index contributed by atoms with van der Waals surface area (Å²) in [5, 5.41) is 34.9. The van der Waals surface area contributed by atoms with E-state index in [0.717, 1.165) is 0 Å². The number of aliphatic hydroxyl groups is 1. The second kappa shape index (κ2) is 9.58. The molecule has 0 atom stereocenters. The third-order valence-corrected chi connectivity index (χ3v) is 5.79. The highest BCUT2D eigenvalue weighted by atomic mass is 19.3. The van der Waals surface area contributed by atoms with Gasteiger partial charge in [-0.25, -0.2) is 23.4 Å². The maximum atomic E-state index is 13.5. The summed E-state index contributed by atoms with van der Waals surface area (Å²) in [5.41, 5.74) is 1.96. The van der Waals surface area contributed by atoms with Crippen LogP contribution in [0.1, 0.15) is 51.3 Å². The van der Waals surface area contributed by atoms with E-state index in [0.29, 0.717) is 52.7 Å². The number of nitrogens with one attached hydrogen (secondary N) is 1. The summed E-state index contributed by atoms with van der Waals surface area (Å²) < 4.78 is 30.0. The molecule has 0 unspecified atom stereocenters. The molecule has 1 aliphatic carbocycles. The van der Waals surface area contributed by atoms with Crippen LogP contribution >= 0.6 is 0 Å². The molecular weight excluding hydrogens is 468 g/mol. The lowest BCUT2D eigenvalue weighted by Gasteiger charge is -2.36. The van der Waals surface area contributed by atoms with Crippen molar-refractivity contribution in [2.75, 3.05) is 5.32 Å². The lowest BCUT2D eigenvalue weighted by molar-refractivity contribution is -0.0793. The van der Waals surface area contributed by atoms with E-state index in [1.54, 1.807) is 51.5 Å². The van der Waals surface area contributed by atoms with Crippen LogP contribution in [0.4, 0.5) is 20.3 Å². The van der Waals surface area contributed by atoms with Crippen molar-refractivity contribution in [1.82, 2.24) is 29.8 Å². The van der Waals surface area contributed by atoms with Crippen LogP contribution < -0.4 is 5.32 Å². The van der Waals surface area contributed by atoms with Gasteiger partial charge < -0.3 is 10.4 Å². The zero-order valence-corrected chi connectivity index (χ0v) is 20.3. The van der Waals surface area contributed by atoms with Crippen molar-refractivity contribution < 1.29 is 13.9 Å². The molecule has 0 aromatic carbocycles. The van der Waals surface area contributed by atoms with E-state index >= 15 is 0 Å². The summed E-state index contributed by atoms with van der Waals surface area (Å²) in [6, 6.07) is 3.31. The Bertz CT molecular complexity index is 1340. The van der Waals surface area contributed by atoms with Crippen molar-refractivity contribution in [2.24, 2.45) is 4.99 Å². The quantitative estimate of drug-likeness (QED) is 0.339. The summed E-state index contributed by atoms with van der Waals surface area (Å²) >= 11 is 0. The van der Waals surface area contributed by atoms with Crippen LogP contribution in [-0.2, 0) is 6.42 Å². The van der Waals surface area contributed by atoms with E-state index in [4.69, 9.17) is 5.26 Å². The van der Waals surface area contributed by atoms with E-state index in [1.807, 2.05) is 0 Å². The topological polar surface area (TPSA) is 130 Å². The van der Waals surface area contributed by atoms with Crippen molar-refractivity contribution in [2.45, 2.75) is 64.0 Å². The molecule has 188 valence electrons. The second-order valence-corrected chi connectivity index (χ2v) is 9.56.